The summed E-state index contributed by atoms with van der Waals surface area (Å²) in [7, 11) is 1.88. The van der Waals surface area contributed by atoms with Gasteiger partial charge in [-0.05, 0) is 36.1 Å². The zero-order chi connectivity index (χ0) is 24.6. The zero-order valence-electron chi connectivity index (χ0n) is 19.6. The number of hydrogen-bond donors (Lipinski definition) is 2. The van der Waals surface area contributed by atoms with Gasteiger partial charge in [0, 0.05) is 35.8 Å². The molecule has 4 rings (SSSR count). The van der Waals surface area contributed by atoms with Gasteiger partial charge in [0.15, 0.2) is 5.82 Å². The first-order valence-electron chi connectivity index (χ1n) is 11.1. The molecule has 3 N–H and O–H groups in total. The lowest BCUT2D eigenvalue weighted by Gasteiger charge is -2.20. The van der Waals surface area contributed by atoms with Gasteiger partial charge in [-0.15, -0.1) is 0 Å². The van der Waals surface area contributed by atoms with Gasteiger partial charge in [-0.3, -0.25) is 0 Å². The number of anilines is 4. The van der Waals surface area contributed by atoms with Crippen molar-refractivity contribution in [3.05, 3.63) is 94.5 Å². The van der Waals surface area contributed by atoms with Crippen LogP contribution in [0.3, 0.4) is 0 Å². The number of azide groups is 1. The van der Waals surface area contributed by atoms with Crippen molar-refractivity contribution in [2.24, 2.45) is 5.11 Å². The van der Waals surface area contributed by atoms with Crippen molar-refractivity contribution < 1.29 is 0 Å². The molecule has 1 atom stereocenters. The Morgan fingerprint density at radius 1 is 1.00 bits per heavy atom. The molecule has 0 aliphatic heterocycles. The molecule has 10 heteroatoms. The maximum Gasteiger partial charge on any atom is 0.224 e. The average molecular weight is 467 g/mol. The Kier molecular flexibility index (Phi) is 7.34. The van der Waals surface area contributed by atoms with Crippen LogP contribution >= 0.6 is 0 Å². The number of nitrogen functional groups attached to an aromatic ring is 1. The third-order valence-corrected chi connectivity index (χ3v) is 5.32. The maximum atomic E-state index is 8.54. The minimum atomic E-state index is 0.0738. The predicted molar refractivity (Wildman–Crippen MR) is 138 cm³/mol. The van der Waals surface area contributed by atoms with Crippen molar-refractivity contribution in [1.82, 2.24) is 19.9 Å². The number of rotatable bonds is 9. The van der Waals surface area contributed by atoms with Gasteiger partial charge >= 0.3 is 0 Å². The summed E-state index contributed by atoms with van der Waals surface area (Å²) < 4.78 is 0. The molecule has 0 fully saturated rings. The normalized spacial score (nSPS) is 11.4. The topological polar surface area (TPSA) is 142 Å². The predicted octanol–water partition coefficient (Wildman–Crippen LogP) is 5.14. The van der Waals surface area contributed by atoms with Crippen LogP contribution in [0.2, 0.25) is 0 Å². The van der Waals surface area contributed by atoms with E-state index >= 15 is 0 Å². The second kappa shape index (κ2) is 11.0. The summed E-state index contributed by atoms with van der Waals surface area (Å²) in [5, 5.41) is 6.99. The van der Waals surface area contributed by atoms with E-state index in [0.717, 1.165) is 23.1 Å². The number of nitrogens with one attached hydrogen (secondary N) is 1. The molecular formula is C25H26N10. The molecule has 0 spiro atoms. The Morgan fingerprint density at radius 2 is 1.80 bits per heavy atom. The summed E-state index contributed by atoms with van der Waals surface area (Å²) in [4.78, 5) is 22.8. The summed E-state index contributed by atoms with van der Waals surface area (Å²) in [6.07, 6.45) is 2.47. The van der Waals surface area contributed by atoms with Crippen LogP contribution in [0.5, 0.6) is 0 Å². The smallest absolute Gasteiger partial charge is 0.224 e. The Morgan fingerprint density at radius 3 is 2.60 bits per heavy atom. The highest BCUT2D eigenvalue weighted by atomic mass is 15.3. The van der Waals surface area contributed by atoms with E-state index in [9.17, 15) is 0 Å². The Bertz CT molecular complexity index is 1340. The Labute approximate surface area is 203 Å². The fourth-order valence-electron chi connectivity index (χ4n) is 3.66. The second-order valence-corrected chi connectivity index (χ2v) is 8.10. The van der Waals surface area contributed by atoms with Gasteiger partial charge in [-0.2, -0.15) is 4.98 Å². The Hall–Kier alpha value is -4.69. The summed E-state index contributed by atoms with van der Waals surface area (Å²) in [5.41, 5.74) is 17.6. The van der Waals surface area contributed by atoms with Crippen LogP contribution in [0.15, 0.2) is 78.0 Å². The second-order valence-electron chi connectivity index (χ2n) is 8.10. The summed E-state index contributed by atoms with van der Waals surface area (Å²) >= 11 is 0. The number of aromatic nitrogens is 4. The zero-order valence-corrected chi connectivity index (χ0v) is 19.6. The molecule has 176 valence electrons. The van der Waals surface area contributed by atoms with Crippen molar-refractivity contribution in [2.75, 3.05) is 23.0 Å². The molecule has 4 aromatic rings. The maximum absolute atomic E-state index is 8.54. The highest BCUT2D eigenvalue weighted by molar-refractivity contribution is 5.64. The van der Waals surface area contributed by atoms with Gasteiger partial charge in [0.1, 0.15) is 17.5 Å². The number of nitrogens with zero attached hydrogens (tertiary/aromatic N) is 8. The standard InChI is InChI=1S/C25H26N10/c1-17(13-18-7-6-8-19(14-18)16-29-34-27)30-25-28-12-11-22(33-25)35(2)23-15-21(26)31-24(32-23)20-9-4-3-5-10-20/h3-12,14-15,17H,13,16H2,1-2H3,(H2,26,31,32)(H,28,30,33). The van der Waals surface area contributed by atoms with E-state index in [1.54, 1.807) is 12.3 Å². The number of benzene rings is 2. The van der Waals surface area contributed by atoms with Crippen LogP contribution in [0.1, 0.15) is 18.1 Å². The number of hydrogen-bond acceptors (Lipinski definition) is 8. The third kappa shape index (κ3) is 6.21. The van der Waals surface area contributed by atoms with Gasteiger partial charge in [-0.1, -0.05) is 59.7 Å². The van der Waals surface area contributed by atoms with Crippen LogP contribution in [0.25, 0.3) is 21.8 Å². The molecule has 0 radical (unpaired) electrons. The molecule has 0 saturated heterocycles. The molecule has 0 aliphatic carbocycles. The van der Waals surface area contributed by atoms with E-state index < -0.39 is 0 Å². The van der Waals surface area contributed by atoms with Gasteiger partial charge in [-0.25, -0.2) is 15.0 Å². The van der Waals surface area contributed by atoms with Crippen molar-refractivity contribution >= 4 is 23.4 Å². The molecule has 10 nitrogen and oxygen atoms in total. The minimum Gasteiger partial charge on any atom is -0.384 e. The summed E-state index contributed by atoms with van der Waals surface area (Å²) in [5.74, 6) is 2.74. The van der Waals surface area contributed by atoms with E-state index in [2.05, 4.69) is 42.2 Å². The first-order valence-corrected chi connectivity index (χ1v) is 11.1. The molecule has 0 bridgehead atoms. The fraction of sp³-hybridized carbons (Fsp3) is 0.200. The van der Waals surface area contributed by atoms with E-state index in [4.69, 9.17) is 11.3 Å². The summed E-state index contributed by atoms with van der Waals surface area (Å²) in [6, 6.07) is 21.3. The van der Waals surface area contributed by atoms with Crippen LogP contribution in [-0.2, 0) is 13.0 Å². The van der Waals surface area contributed by atoms with Crippen molar-refractivity contribution in [3.8, 4) is 11.4 Å². The van der Waals surface area contributed by atoms with E-state index in [1.165, 1.54) is 0 Å². The van der Waals surface area contributed by atoms with Crippen molar-refractivity contribution in [2.45, 2.75) is 25.9 Å². The van der Waals surface area contributed by atoms with Crippen LogP contribution < -0.4 is 16.0 Å². The van der Waals surface area contributed by atoms with Crippen LogP contribution in [0, 0.1) is 0 Å². The number of nitrogens with two attached hydrogens (primary N) is 1. The molecule has 0 amide bonds. The monoisotopic (exact) mass is 466 g/mol. The molecule has 2 heterocycles. The highest BCUT2D eigenvalue weighted by Crippen LogP contribution is 2.25. The molecule has 1 unspecified atom stereocenters. The lowest BCUT2D eigenvalue weighted by atomic mass is 10.0. The first-order chi connectivity index (χ1) is 17.0. The minimum absolute atomic E-state index is 0.0738. The summed E-state index contributed by atoms with van der Waals surface area (Å²) in [6.45, 7) is 2.40. The average Bonchev–Trinajstić information content (AvgIpc) is 2.87. The molecule has 0 aliphatic rings. The molecule has 2 aromatic carbocycles. The van der Waals surface area contributed by atoms with Gasteiger partial charge in [0.2, 0.25) is 5.95 Å². The van der Waals surface area contributed by atoms with Gasteiger partial charge < -0.3 is 16.0 Å². The molecule has 2 aromatic heterocycles. The lowest BCUT2D eigenvalue weighted by molar-refractivity contribution is 0.775. The van der Waals surface area contributed by atoms with Gasteiger partial charge in [0.05, 0.1) is 6.54 Å². The van der Waals surface area contributed by atoms with E-state index in [1.807, 2.05) is 72.6 Å². The molecular weight excluding hydrogens is 440 g/mol. The van der Waals surface area contributed by atoms with E-state index in [-0.39, 0.29) is 6.04 Å². The quantitative estimate of drug-likeness (QED) is 0.198. The van der Waals surface area contributed by atoms with Crippen LogP contribution in [0.4, 0.5) is 23.4 Å². The molecule has 0 saturated carbocycles. The largest absolute Gasteiger partial charge is 0.384 e. The first kappa shape index (κ1) is 23.5. The van der Waals surface area contributed by atoms with Crippen LogP contribution in [-0.4, -0.2) is 33.0 Å². The highest BCUT2D eigenvalue weighted by Gasteiger charge is 2.13. The fourth-order valence-corrected chi connectivity index (χ4v) is 3.66. The molecule has 35 heavy (non-hydrogen) atoms. The van der Waals surface area contributed by atoms with Gasteiger partial charge in [0.25, 0.3) is 0 Å². The Balaban J connectivity index is 1.48. The van der Waals surface area contributed by atoms with E-state index in [0.29, 0.717) is 35.8 Å². The SMILES string of the molecule is CC(Cc1cccc(CN=[N+]=[N-])c1)Nc1nccc(N(C)c2cc(N)nc(-c3ccccc3)n2)n1. The lowest BCUT2D eigenvalue weighted by Crippen LogP contribution is -2.21. The third-order valence-electron chi connectivity index (χ3n) is 5.32. The van der Waals surface area contributed by atoms with Crippen molar-refractivity contribution in [3.63, 3.8) is 0 Å². The van der Waals surface area contributed by atoms with Crippen molar-refractivity contribution in [1.29, 1.82) is 0 Å².